The Kier molecular flexibility index (Phi) is 5.50. The summed E-state index contributed by atoms with van der Waals surface area (Å²) in [6, 6.07) is 11.5. The number of esters is 1. The van der Waals surface area contributed by atoms with E-state index in [1.807, 2.05) is 0 Å². The number of likely N-dealkylation sites (tertiary alicyclic amines) is 1. The minimum atomic E-state index is -0.455. The summed E-state index contributed by atoms with van der Waals surface area (Å²) in [4.78, 5) is 29.1. The van der Waals surface area contributed by atoms with Gasteiger partial charge in [-0.15, -0.1) is 11.3 Å². The molecule has 0 saturated carbocycles. The lowest BCUT2D eigenvalue weighted by molar-refractivity contribution is -0.117. The fourth-order valence-corrected chi connectivity index (χ4v) is 4.27. The first-order valence-electron chi connectivity index (χ1n) is 8.36. The number of para-hydroxylation sites is 1. The number of hydrogen-bond donors (Lipinski definition) is 1. The first kappa shape index (κ1) is 17.6. The zero-order valence-electron chi connectivity index (χ0n) is 14.5. The van der Waals surface area contributed by atoms with Crippen LogP contribution in [-0.2, 0) is 9.53 Å². The van der Waals surface area contributed by atoms with Gasteiger partial charge in [-0.25, -0.2) is 4.79 Å². The van der Waals surface area contributed by atoms with E-state index < -0.39 is 5.97 Å². The van der Waals surface area contributed by atoms with E-state index in [2.05, 4.69) is 29.3 Å². The SMILES string of the molecule is COC(=O)c1ccccc1NC(=O)CN1CCCC1c1ccc(C)s1. The fraction of sp³-hybridized carbons (Fsp3) is 0.368. The van der Waals surface area contributed by atoms with Gasteiger partial charge in [0.05, 0.1) is 24.9 Å². The van der Waals surface area contributed by atoms with Crippen LogP contribution in [0.2, 0.25) is 0 Å². The van der Waals surface area contributed by atoms with Crippen molar-refractivity contribution in [3.8, 4) is 0 Å². The predicted octanol–water partition coefficient (Wildman–Crippen LogP) is 3.62. The molecule has 25 heavy (non-hydrogen) atoms. The highest BCUT2D eigenvalue weighted by molar-refractivity contribution is 7.12. The average Bonchev–Trinajstić information content (AvgIpc) is 3.23. The molecule has 1 amide bonds. The summed E-state index contributed by atoms with van der Waals surface area (Å²) in [5.74, 6) is -0.569. The summed E-state index contributed by atoms with van der Waals surface area (Å²) in [7, 11) is 1.33. The van der Waals surface area contributed by atoms with Crippen LogP contribution in [0, 0.1) is 6.92 Å². The van der Waals surface area contributed by atoms with E-state index in [-0.39, 0.29) is 5.91 Å². The lowest BCUT2D eigenvalue weighted by Gasteiger charge is -2.23. The molecule has 0 radical (unpaired) electrons. The number of hydrogen-bond acceptors (Lipinski definition) is 5. The maximum atomic E-state index is 12.5. The van der Waals surface area contributed by atoms with Crippen molar-refractivity contribution < 1.29 is 14.3 Å². The molecule has 1 aliphatic rings. The van der Waals surface area contributed by atoms with Crippen molar-refractivity contribution in [1.82, 2.24) is 4.90 Å². The molecule has 3 rings (SSSR count). The molecule has 1 N–H and O–H groups in total. The number of carbonyl (C=O) groups is 2. The second-order valence-corrected chi connectivity index (χ2v) is 7.48. The van der Waals surface area contributed by atoms with Crippen LogP contribution in [0.5, 0.6) is 0 Å². The third-order valence-corrected chi connectivity index (χ3v) is 5.51. The van der Waals surface area contributed by atoms with E-state index in [4.69, 9.17) is 4.74 Å². The molecule has 1 aliphatic heterocycles. The zero-order valence-corrected chi connectivity index (χ0v) is 15.3. The third kappa shape index (κ3) is 4.08. The van der Waals surface area contributed by atoms with E-state index in [0.29, 0.717) is 23.8 Å². The topological polar surface area (TPSA) is 58.6 Å². The lowest BCUT2D eigenvalue weighted by atomic mass is 10.1. The van der Waals surface area contributed by atoms with Gasteiger partial charge in [0.2, 0.25) is 5.91 Å². The van der Waals surface area contributed by atoms with Crippen molar-refractivity contribution in [2.45, 2.75) is 25.8 Å². The van der Waals surface area contributed by atoms with Gasteiger partial charge in [0.1, 0.15) is 0 Å². The molecule has 2 aromatic rings. The monoisotopic (exact) mass is 358 g/mol. The molecule has 6 heteroatoms. The number of thiophene rings is 1. The minimum Gasteiger partial charge on any atom is -0.465 e. The number of ether oxygens (including phenoxy) is 1. The van der Waals surface area contributed by atoms with Crippen LogP contribution < -0.4 is 5.32 Å². The molecular formula is C19H22N2O3S. The van der Waals surface area contributed by atoms with Crippen LogP contribution in [0.15, 0.2) is 36.4 Å². The van der Waals surface area contributed by atoms with Gasteiger partial charge in [-0.05, 0) is 50.6 Å². The first-order chi connectivity index (χ1) is 12.1. The lowest BCUT2D eigenvalue weighted by Crippen LogP contribution is -2.33. The summed E-state index contributed by atoms with van der Waals surface area (Å²) in [6.45, 7) is 3.33. The molecule has 0 aliphatic carbocycles. The third-order valence-electron chi connectivity index (χ3n) is 4.41. The van der Waals surface area contributed by atoms with Crippen molar-refractivity contribution >= 4 is 28.9 Å². The number of amides is 1. The van der Waals surface area contributed by atoms with E-state index in [9.17, 15) is 9.59 Å². The average molecular weight is 358 g/mol. The fourth-order valence-electron chi connectivity index (χ4n) is 3.22. The predicted molar refractivity (Wildman–Crippen MR) is 99.0 cm³/mol. The highest BCUT2D eigenvalue weighted by Gasteiger charge is 2.28. The van der Waals surface area contributed by atoms with Gasteiger partial charge in [-0.2, -0.15) is 0 Å². The number of rotatable bonds is 5. The van der Waals surface area contributed by atoms with Gasteiger partial charge >= 0.3 is 5.97 Å². The number of aryl methyl sites for hydroxylation is 1. The van der Waals surface area contributed by atoms with E-state index in [1.165, 1.54) is 16.9 Å². The van der Waals surface area contributed by atoms with Crippen LogP contribution in [0.1, 0.15) is 39.0 Å². The maximum absolute atomic E-state index is 12.5. The molecule has 1 unspecified atom stereocenters. The van der Waals surface area contributed by atoms with Crippen LogP contribution >= 0.6 is 11.3 Å². The number of nitrogens with zero attached hydrogens (tertiary/aromatic N) is 1. The number of benzene rings is 1. The van der Waals surface area contributed by atoms with E-state index in [1.54, 1.807) is 35.6 Å². The van der Waals surface area contributed by atoms with E-state index >= 15 is 0 Å². The molecule has 1 aromatic heterocycles. The second kappa shape index (κ2) is 7.80. The number of methoxy groups -OCH3 is 1. The normalized spacial score (nSPS) is 17.4. The summed E-state index contributed by atoms with van der Waals surface area (Å²) >= 11 is 1.79. The number of carbonyl (C=O) groups excluding carboxylic acids is 2. The van der Waals surface area contributed by atoms with Crippen molar-refractivity contribution in [3.63, 3.8) is 0 Å². The molecule has 1 saturated heterocycles. The number of nitrogens with one attached hydrogen (secondary N) is 1. The van der Waals surface area contributed by atoms with Gasteiger partial charge in [0.25, 0.3) is 0 Å². The summed E-state index contributed by atoms with van der Waals surface area (Å²) in [5.41, 5.74) is 0.854. The zero-order chi connectivity index (χ0) is 17.8. The van der Waals surface area contributed by atoms with Crippen LogP contribution in [-0.4, -0.2) is 37.0 Å². The minimum absolute atomic E-state index is 0.114. The molecule has 1 fully saturated rings. The maximum Gasteiger partial charge on any atom is 0.339 e. The Morgan fingerprint density at radius 2 is 2.08 bits per heavy atom. The molecule has 5 nitrogen and oxygen atoms in total. The van der Waals surface area contributed by atoms with Crippen LogP contribution in [0.25, 0.3) is 0 Å². The van der Waals surface area contributed by atoms with Gasteiger partial charge in [-0.1, -0.05) is 12.1 Å². The van der Waals surface area contributed by atoms with Gasteiger partial charge in [-0.3, -0.25) is 9.69 Å². The highest BCUT2D eigenvalue weighted by Crippen LogP contribution is 2.35. The van der Waals surface area contributed by atoms with Gasteiger partial charge < -0.3 is 10.1 Å². The Morgan fingerprint density at radius 3 is 2.80 bits per heavy atom. The molecule has 0 spiro atoms. The van der Waals surface area contributed by atoms with Gasteiger partial charge in [0.15, 0.2) is 0 Å². The Hall–Kier alpha value is -2.18. The van der Waals surface area contributed by atoms with Crippen LogP contribution in [0.4, 0.5) is 5.69 Å². The smallest absolute Gasteiger partial charge is 0.339 e. The molecule has 1 aromatic carbocycles. The standard InChI is InChI=1S/C19H22N2O3S/c1-13-9-10-17(25-13)16-8-5-11-21(16)12-18(22)20-15-7-4-3-6-14(15)19(23)24-2/h3-4,6-7,9-10,16H,5,8,11-12H2,1-2H3,(H,20,22). The van der Waals surface area contributed by atoms with Crippen LogP contribution in [0.3, 0.4) is 0 Å². The summed E-state index contributed by atoms with van der Waals surface area (Å²) in [6.07, 6.45) is 2.17. The van der Waals surface area contributed by atoms with Crippen molar-refractivity contribution in [3.05, 3.63) is 51.7 Å². The Bertz CT molecular complexity index is 772. The molecule has 132 valence electrons. The summed E-state index contributed by atoms with van der Waals surface area (Å²) in [5, 5.41) is 2.85. The highest BCUT2D eigenvalue weighted by atomic mass is 32.1. The second-order valence-electron chi connectivity index (χ2n) is 6.16. The largest absolute Gasteiger partial charge is 0.465 e. The molecular weight excluding hydrogens is 336 g/mol. The first-order valence-corrected chi connectivity index (χ1v) is 9.17. The molecule has 0 bridgehead atoms. The summed E-state index contributed by atoms with van der Waals surface area (Å²) < 4.78 is 4.77. The molecule has 1 atom stereocenters. The quantitative estimate of drug-likeness (QED) is 0.830. The molecule has 2 heterocycles. The van der Waals surface area contributed by atoms with Gasteiger partial charge in [0, 0.05) is 15.8 Å². The van der Waals surface area contributed by atoms with Crippen molar-refractivity contribution in [2.24, 2.45) is 0 Å². The Labute approximate surface area is 151 Å². The Morgan fingerprint density at radius 1 is 1.28 bits per heavy atom. The van der Waals surface area contributed by atoms with Crippen molar-refractivity contribution in [2.75, 3.05) is 25.5 Å². The van der Waals surface area contributed by atoms with E-state index in [0.717, 1.165) is 19.4 Å². The number of anilines is 1. The van der Waals surface area contributed by atoms with Crippen molar-refractivity contribution in [1.29, 1.82) is 0 Å². The Balaban J connectivity index is 1.68.